The number of nitrogens with zero attached hydrogens (tertiary/aromatic N) is 1. The molecule has 108 valence electrons. The fourth-order valence-electron chi connectivity index (χ4n) is 2.00. The molecule has 3 nitrogen and oxygen atoms in total. The van der Waals surface area contributed by atoms with Gasteiger partial charge in [0.1, 0.15) is 0 Å². The highest BCUT2D eigenvalue weighted by Gasteiger charge is 2.23. The molecule has 0 unspecified atom stereocenters. The van der Waals surface area contributed by atoms with E-state index in [-0.39, 0.29) is 0 Å². The zero-order chi connectivity index (χ0) is 14.9. The highest BCUT2D eigenvalue weighted by molar-refractivity contribution is 7.89. The summed E-state index contributed by atoms with van der Waals surface area (Å²) < 4.78 is 27.2. The molecule has 1 aromatic heterocycles. The first-order valence-electron chi connectivity index (χ1n) is 6.08. The molecule has 0 atom stereocenters. The van der Waals surface area contributed by atoms with Gasteiger partial charge in [-0.25, -0.2) is 8.42 Å². The van der Waals surface area contributed by atoms with Gasteiger partial charge in [-0.05, 0) is 37.6 Å². The lowest BCUT2D eigenvalue weighted by molar-refractivity contribution is 0.469. The number of aryl methyl sites for hydroxylation is 2. The van der Waals surface area contributed by atoms with E-state index in [4.69, 9.17) is 11.6 Å². The summed E-state index contributed by atoms with van der Waals surface area (Å²) in [5.41, 5.74) is 1.82. The standard InChI is InChI=1S/C14H16ClNO2S2/c1-10-4-6-13(11(2)8-10)20(17,18)16(3)9-12-5-7-14(15)19-12/h4-8H,9H2,1-3H3. The van der Waals surface area contributed by atoms with Crippen LogP contribution >= 0.6 is 22.9 Å². The van der Waals surface area contributed by atoms with E-state index in [0.717, 1.165) is 16.0 Å². The molecule has 6 heteroatoms. The Morgan fingerprint density at radius 2 is 1.90 bits per heavy atom. The second kappa shape index (κ2) is 5.85. The Morgan fingerprint density at radius 3 is 2.45 bits per heavy atom. The van der Waals surface area contributed by atoms with Gasteiger partial charge in [-0.15, -0.1) is 11.3 Å². The lowest BCUT2D eigenvalue weighted by atomic mass is 10.2. The Labute approximate surface area is 128 Å². The Kier molecular flexibility index (Phi) is 4.54. The average Bonchev–Trinajstić information content (AvgIpc) is 2.74. The topological polar surface area (TPSA) is 37.4 Å². The van der Waals surface area contributed by atoms with Crippen LogP contribution in [0.1, 0.15) is 16.0 Å². The average molecular weight is 330 g/mol. The van der Waals surface area contributed by atoms with Crippen LogP contribution in [-0.2, 0) is 16.6 Å². The summed E-state index contributed by atoms with van der Waals surface area (Å²) in [5, 5.41) is 0. The number of hydrogen-bond acceptors (Lipinski definition) is 3. The van der Waals surface area contributed by atoms with Crippen molar-refractivity contribution < 1.29 is 8.42 Å². The third-order valence-corrected chi connectivity index (χ3v) is 6.21. The normalized spacial score (nSPS) is 12.1. The van der Waals surface area contributed by atoms with E-state index < -0.39 is 10.0 Å². The summed E-state index contributed by atoms with van der Waals surface area (Å²) >= 11 is 7.26. The Hall–Kier alpha value is -0.880. The molecule has 1 heterocycles. The van der Waals surface area contributed by atoms with Gasteiger partial charge in [0.25, 0.3) is 0 Å². The van der Waals surface area contributed by atoms with E-state index in [1.54, 1.807) is 19.2 Å². The molecule has 0 aliphatic carbocycles. The lowest BCUT2D eigenvalue weighted by Crippen LogP contribution is -2.26. The van der Waals surface area contributed by atoms with E-state index in [1.165, 1.54) is 15.6 Å². The zero-order valence-electron chi connectivity index (χ0n) is 11.6. The van der Waals surface area contributed by atoms with Gasteiger partial charge in [-0.2, -0.15) is 4.31 Å². The molecular weight excluding hydrogens is 314 g/mol. The van der Waals surface area contributed by atoms with Crippen molar-refractivity contribution in [2.24, 2.45) is 0 Å². The van der Waals surface area contributed by atoms with E-state index in [0.29, 0.717) is 15.8 Å². The van der Waals surface area contributed by atoms with Gasteiger partial charge in [-0.1, -0.05) is 29.3 Å². The molecule has 0 bridgehead atoms. The first-order chi connectivity index (χ1) is 9.30. The molecule has 1 aromatic carbocycles. The van der Waals surface area contributed by atoms with Gasteiger partial charge in [0.05, 0.1) is 9.23 Å². The third kappa shape index (κ3) is 3.23. The minimum atomic E-state index is -3.48. The van der Waals surface area contributed by atoms with Crippen LogP contribution < -0.4 is 0 Å². The molecule has 0 amide bonds. The summed E-state index contributed by atoms with van der Waals surface area (Å²) in [6.07, 6.45) is 0. The summed E-state index contributed by atoms with van der Waals surface area (Å²) in [6.45, 7) is 4.09. The lowest BCUT2D eigenvalue weighted by Gasteiger charge is -2.18. The van der Waals surface area contributed by atoms with E-state index in [2.05, 4.69) is 0 Å². The molecule has 0 fully saturated rings. The summed E-state index contributed by atoms with van der Waals surface area (Å²) in [7, 11) is -1.89. The molecule has 2 rings (SSSR count). The first kappa shape index (κ1) is 15.5. The van der Waals surface area contributed by atoms with Gasteiger partial charge >= 0.3 is 0 Å². The minimum Gasteiger partial charge on any atom is -0.207 e. The van der Waals surface area contributed by atoms with Gasteiger partial charge in [0.15, 0.2) is 0 Å². The van der Waals surface area contributed by atoms with Gasteiger partial charge in [0, 0.05) is 18.5 Å². The Bertz CT molecular complexity index is 723. The largest absolute Gasteiger partial charge is 0.243 e. The van der Waals surface area contributed by atoms with E-state index >= 15 is 0 Å². The van der Waals surface area contributed by atoms with E-state index in [1.807, 2.05) is 32.0 Å². The van der Waals surface area contributed by atoms with Crippen LogP contribution in [0.2, 0.25) is 4.34 Å². The van der Waals surface area contributed by atoms with Crippen LogP contribution in [-0.4, -0.2) is 19.8 Å². The predicted octanol–water partition coefficient (Wildman–Crippen LogP) is 3.84. The van der Waals surface area contributed by atoms with E-state index in [9.17, 15) is 8.42 Å². The molecule has 0 N–H and O–H groups in total. The van der Waals surface area contributed by atoms with Crippen molar-refractivity contribution in [1.29, 1.82) is 0 Å². The van der Waals surface area contributed by atoms with Gasteiger partial charge < -0.3 is 0 Å². The molecule has 0 saturated carbocycles. The van der Waals surface area contributed by atoms with Crippen molar-refractivity contribution in [3.8, 4) is 0 Å². The van der Waals surface area contributed by atoms with Crippen molar-refractivity contribution in [1.82, 2.24) is 4.31 Å². The summed E-state index contributed by atoms with van der Waals surface area (Å²) in [4.78, 5) is 1.28. The summed E-state index contributed by atoms with van der Waals surface area (Å²) in [5.74, 6) is 0. The highest BCUT2D eigenvalue weighted by atomic mass is 35.5. The predicted molar refractivity (Wildman–Crippen MR) is 83.9 cm³/mol. The first-order valence-corrected chi connectivity index (χ1v) is 8.72. The number of halogens is 1. The number of rotatable bonds is 4. The quantitative estimate of drug-likeness (QED) is 0.854. The van der Waals surface area contributed by atoms with Gasteiger partial charge in [-0.3, -0.25) is 0 Å². The van der Waals surface area contributed by atoms with Crippen LogP contribution in [0.25, 0.3) is 0 Å². The molecule has 0 saturated heterocycles. The Balaban J connectivity index is 2.29. The summed E-state index contributed by atoms with van der Waals surface area (Å²) in [6, 6.07) is 8.98. The monoisotopic (exact) mass is 329 g/mol. The molecule has 2 aromatic rings. The van der Waals surface area contributed by atoms with Crippen LogP contribution in [0.4, 0.5) is 0 Å². The number of benzene rings is 1. The molecular formula is C14H16ClNO2S2. The smallest absolute Gasteiger partial charge is 0.207 e. The Morgan fingerprint density at radius 1 is 1.20 bits per heavy atom. The van der Waals surface area contributed by atoms with Crippen LogP contribution in [0, 0.1) is 13.8 Å². The van der Waals surface area contributed by atoms with Crippen molar-refractivity contribution in [3.63, 3.8) is 0 Å². The number of thiophene rings is 1. The maximum absolute atomic E-state index is 12.6. The molecule has 0 aliphatic rings. The van der Waals surface area contributed by atoms with Crippen molar-refractivity contribution in [2.75, 3.05) is 7.05 Å². The third-order valence-electron chi connectivity index (χ3n) is 3.03. The zero-order valence-corrected chi connectivity index (χ0v) is 13.9. The maximum atomic E-state index is 12.6. The molecule has 20 heavy (non-hydrogen) atoms. The molecule has 0 spiro atoms. The second-order valence-corrected chi connectivity index (χ2v) is 8.55. The molecule has 0 radical (unpaired) electrons. The second-order valence-electron chi connectivity index (χ2n) is 4.74. The van der Waals surface area contributed by atoms with Crippen LogP contribution in [0.5, 0.6) is 0 Å². The minimum absolute atomic E-state index is 0.326. The SMILES string of the molecule is Cc1ccc(S(=O)(=O)N(C)Cc2ccc(Cl)s2)c(C)c1. The van der Waals surface area contributed by atoms with Crippen molar-refractivity contribution in [2.45, 2.75) is 25.3 Å². The van der Waals surface area contributed by atoms with Gasteiger partial charge in [0.2, 0.25) is 10.0 Å². The number of sulfonamides is 1. The van der Waals surface area contributed by atoms with Crippen molar-refractivity contribution in [3.05, 3.63) is 50.7 Å². The fraction of sp³-hybridized carbons (Fsp3) is 0.286. The number of hydrogen-bond donors (Lipinski definition) is 0. The molecule has 0 aliphatic heterocycles. The fourth-order valence-corrected chi connectivity index (χ4v) is 4.57. The van der Waals surface area contributed by atoms with Crippen LogP contribution in [0.15, 0.2) is 35.2 Å². The highest BCUT2D eigenvalue weighted by Crippen LogP contribution is 2.25. The van der Waals surface area contributed by atoms with Crippen molar-refractivity contribution >= 4 is 33.0 Å². The van der Waals surface area contributed by atoms with Crippen LogP contribution in [0.3, 0.4) is 0 Å². The maximum Gasteiger partial charge on any atom is 0.243 e.